The number of sulfonamides is 1. The molecule has 0 saturated heterocycles. The van der Waals surface area contributed by atoms with E-state index in [1.54, 1.807) is 6.07 Å². The number of nitrogens with zero attached hydrogens (tertiary/aromatic N) is 1. The monoisotopic (exact) mass is 393 g/mol. The Morgan fingerprint density at radius 3 is 2.35 bits per heavy atom. The predicted octanol–water partition coefficient (Wildman–Crippen LogP) is 3.68. The van der Waals surface area contributed by atoms with Gasteiger partial charge in [0.15, 0.2) is 0 Å². The van der Waals surface area contributed by atoms with Crippen LogP contribution in [0, 0.1) is 6.92 Å². The summed E-state index contributed by atoms with van der Waals surface area (Å²) >= 11 is 8.83. The lowest BCUT2D eigenvalue weighted by atomic mass is 10.2. The summed E-state index contributed by atoms with van der Waals surface area (Å²) in [4.78, 5) is -0.186. The highest BCUT2D eigenvalue weighted by Crippen LogP contribution is 2.29. The Kier molecular flexibility index (Phi) is 5.51. The summed E-state index contributed by atoms with van der Waals surface area (Å²) in [5, 5.41) is 0. The van der Waals surface area contributed by atoms with Gasteiger partial charge in [0.05, 0.1) is 4.90 Å². The van der Waals surface area contributed by atoms with E-state index >= 15 is 0 Å². The van der Waals surface area contributed by atoms with Crippen LogP contribution in [-0.4, -0.2) is 32.5 Å². The van der Waals surface area contributed by atoms with E-state index in [1.165, 1.54) is 13.0 Å². The fourth-order valence-electron chi connectivity index (χ4n) is 1.56. The number of halogens is 5. The van der Waals surface area contributed by atoms with Gasteiger partial charge in [0, 0.05) is 17.4 Å². The van der Waals surface area contributed by atoms with E-state index in [0.29, 0.717) is 15.6 Å². The van der Waals surface area contributed by atoms with Gasteiger partial charge in [0.2, 0.25) is 10.0 Å². The van der Waals surface area contributed by atoms with Crippen LogP contribution in [0.3, 0.4) is 0 Å². The highest BCUT2D eigenvalue weighted by Gasteiger charge is 2.35. The second-order valence-corrected chi connectivity index (χ2v) is 7.35. The maximum Gasteiger partial charge on any atom is 0.402 e. The van der Waals surface area contributed by atoms with E-state index in [0.717, 1.165) is 7.05 Å². The molecule has 0 saturated carbocycles. The molecule has 0 N–H and O–H groups in total. The van der Waals surface area contributed by atoms with E-state index in [4.69, 9.17) is 11.6 Å². The topological polar surface area (TPSA) is 37.4 Å². The Labute approximate surface area is 128 Å². The minimum Gasteiger partial charge on any atom is -0.207 e. The molecule has 0 unspecified atom stereocenters. The summed E-state index contributed by atoms with van der Waals surface area (Å²) in [6, 6.07) is 2.92. The zero-order valence-corrected chi connectivity index (χ0v) is 13.8. The minimum absolute atomic E-state index is 0.0599. The Morgan fingerprint density at radius 1 is 1.35 bits per heavy atom. The number of hydrogen-bond acceptors (Lipinski definition) is 2. The Bertz CT molecular complexity index is 604. The first-order chi connectivity index (χ1) is 8.99. The van der Waals surface area contributed by atoms with Gasteiger partial charge in [-0.1, -0.05) is 15.9 Å². The van der Waals surface area contributed by atoms with Crippen LogP contribution in [0.25, 0.3) is 0 Å². The molecule has 0 aliphatic heterocycles. The molecule has 3 nitrogen and oxygen atoms in total. The highest BCUT2D eigenvalue weighted by molar-refractivity contribution is 9.10. The van der Waals surface area contributed by atoms with E-state index in [9.17, 15) is 21.6 Å². The van der Waals surface area contributed by atoms with E-state index < -0.39 is 22.7 Å². The molecule has 0 aliphatic carbocycles. The molecule has 0 heterocycles. The van der Waals surface area contributed by atoms with Gasteiger partial charge >= 0.3 is 6.18 Å². The van der Waals surface area contributed by atoms with Crippen LogP contribution in [-0.2, 0) is 15.9 Å². The molecule has 9 heteroatoms. The normalized spacial score (nSPS) is 13.0. The molecule has 0 fully saturated rings. The maximum atomic E-state index is 12.3. The fraction of sp³-hybridized carbons (Fsp3) is 0.455. The number of benzene rings is 1. The van der Waals surface area contributed by atoms with Crippen LogP contribution >= 0.6 is 27.5 Å². The second kappa shape index (κ2) is 6.21. The molecule has 0 amide bonds. The summed E-state index contributed by atoms with van der Waals surface area (Å²) in [6.07, 6.45) is -4.60. The first-order valence-corrected chi connectivity index (χ1v) is 8.14. The molecule has 20 heavy (non-hydrogen) atoms. The molecule has 1 rings (SSSR count). The van der Waals surface area contributed by atoms with Gasteiger partial charge in [-0.2, -0.15) is 17.5 Å². The van der Waals surface area contributed by atoms with Crippen molar-refractivity contribution in [3.8, 4) is 0 Å². The van der Waals surface area contributed by atoms with Gasteiger partial charge in [-0.3, -0.25) is 0 Å². The predicted molar refractivity (Wildman–Crippen MR) is 74.3 cm³/mol. The molecule has 1 aromatic carbocycles. The Balaban J connectivity index is 3.32. The summed E-state index contributed by atoms with van der Waals surface area (Å²) in [5.41, 5.74) is 0.844. The van der Waals surface area contributed by atoms with Gasteiger partial charge in [-0.15, -0.1) is 11.6 Å². The Hall–Kier alpha value is -0.310. The highest BCUT2D eigenvalue weighted by atomic mass is 79.9. The Morgan fingerprint density at radius 2 is 1.90 bits per heavy atom. The molecule has 0 radical (unpaired) electrons. The first-order valence-electron chi connectivity index (χ1n) is 5.37. The van der Waals surface area contributed by atoms with E-state index in [1.807, 2.05) is 0 Å². The molecular formula is C11H12BrClF3NO2S. The van der Waals surface area contributed by atoms with Crippen molar-refractivity contribution < 1.29 is 21.6 Å². The summed E-state index contributed by atoms with van der Waals surface area (Å²) in [7, 11) is -3.34. The third-order valence-electron chi connectivity index (χ3n) is 2.60. The molecule has 0 bridgehead atoms. The maximum absolute atomic E-state index is 12.3. The third-order valence-corrected chi connectivity index (χ3v) is 5.66. The molecule has 1 aromatic rings. The van der Waals surface area contributed by atoms with Crippen LogP contribution in [0.1, 0.15) is 11.1 Å². The minimum atomic E-state index is -4.60. The smallest absolute Gasteiger partial charge is 0.207 e. The van der Waals surface area contributed by atoms with Gasteiger partial charge in [0.1, 0.15) is 6.54 Å². The molecular weight excluding hydrogens is 383 g/mol. The number of rotatable bonds is 4. The molecule has 114 valence electrons. The lowest BCUT2D eigenvalue weighted by Gasteiger charge is -2.20. The first kappa shape index (κ1) is 17.7. The van der Waals surface area contributed by atoms with Crippen molar-refractivity contribution in [1.82, 2.24) is 4.31 Å². The van der Waals surface area contributed by atoms with Gasteiger partial charge in [0.25, 0.3) is 0 Å². The SMILES string of the molecule is Cc1c(Br)cc(CCl)cc1S(=O)(=O)N(C)CC(F)(F)F. The van der Waals surface area contributed by atoms with Crippen molar-refractivity contribution in [2.75, 3.05) is 13.6 Å². The van der Waals surface area contributed by atoms with Gasteiger partial charge in [-0.05, 0) is 30.2 Å². The molecule has 0 aliphatic rings. The average Bonchev–Trinajstić information content (AvgIpc) is 2.29. The van der Waals surface area contributed by atoms with Crippen molar-refractivity contribution >= 4 is 37.6 Å². The zero-order valence-electron chi connectivity index (χ0n) is 10.6. The lowest BCUT2D eigenvalue weighted by Crippen LogP contribution is -2.36. The summed E-state index contributed by atoms with van der Waals surface area (Å²) in [5.74, 6) is 0.0599. The van der Waals surface area contributed by atoms with Crippen LogP contribution in [0.5, 0.6) is 0 Å². The summed E-state index contributed by atoms with van der Waals surface area (Å²) < 4.78 is 62.2. The van der Waals surface area contributed by atoms with Crippen molar-refractivity contribution in [3.05, 3.63) is 27.7 Å². The third kappa shape index (κ3) is 4.09. The van der Waals surface area contributed by atoms with Crippen molar-refractivity contribution in [1.29, 1.82) is 0 Å². The molecule has 0 aromatic heterocycles. The quantitative estimate of drug-likeness (QED) is 0.731. The largest absolute Gasteiger partial charge is 0.402 e. The fourth-order valence-corrected chi connectivity index (χ4v) is 3.80. The molecule has 0 atom stereocenters. The van der Waals surface area contributed by atoms with E-state index in [-0.39, 0.29) is 15.1 Å². The lowest BCUT2D eigenvalue weighted by molar-refractivity contribution is -0.134. The zero-order chi connectivity index (χ0) is 15.7. The van der Waals surface area contributed by atoms with Crippen molar-refractivity contribution in [2.24, 2.45) is 0 Å². The van der Waals surface area contributed by atoms with Gasteiger partial charge in [-0.25, -0.2) is 8.42 Å². The van der Waals surface area contributed by atoms with Gasteiger partial charge < -0.3 is 0 Å². The second-order valence-electron chi connectivity index (χ2n) is 4.21. The number of hydrogen-bond donors (Lipinski definition) is 0. The van der Waals surface area contributed by atoms with E-state index in [2.05, 4.69) is 15.9 Å². The van der Waals surface area contributed by atoms with Crippen LogP contribution in [0.4, 0.5) is 13.2 Å². The van der Waals surface area contributed by atoms with Crippen LogP contribution < -0.4 is 0 Å². The van der Waals surface area contributed by atoms with Crippen LogP contribution in [0.2, 0.25) is 0 Å². The van der Waals surface area contributed by atoms with Crippen molar-refractivity contribution in [3.63, 3.8) is 0 Å². The molecule has 0 spiro atoms. The van der Waals surface area contributed by atoms with Crippen molar-refractivity contribution in [2.45, 2.75) is 23.9 Å². The standard InChI is InChI=1S/C11H12BrClF3NO2S/c1-7-9(12)3-8(5-13)4-10(7)20(18,19)17(2)6-11(14,15)16/h3-4H,5-6H2,1-2H3. The number of alkyl halides is 4. The van der Waals surface area contributed by atoms with Crippen LogP contribution in [0.15, 0.2) is 21.5 Å². The average molecular weight is 395 g/mol. The summed E-state index contributed by atoms with van der Waals surface area (Å²) in [6.45, 7) is -0.0338.